The second kappa shape index (κ2) is 8.84. The van der Waals surface area contributed by atoms with Crippen molar-refractivity contribution >= 4 is 5.91 Å². The van der Waals surface area contributed by atoms with E-state index in [4.69, 9.17) is 4.74 Å². The average Bonchev–Trinajstić information content (AvgIpc) is 3.11. The Kier molecular flexibility index (Phi) is 6.26. The summed E-state index contributed by atoms with van der Waals surface area (Å²) < 4.78 is 5.34. The summed E-state index contributed by atoms with van der Waals surface area (Å²) in [6.45, 7) is 2.96. The molecular weight excluding hydrogens is 324 g/mol. The van der Waals surface area contributed by atoms with Gasteiger partial charge in [0.25, 0.3) is 0 Å². The molecule has 0 spiro atoms. The van der Waals surface area contributed by atoms with Gasteiger partial charge in [0.1, 0.15) is 5.75 Å². The fourth-order valence-corrected chi connectivity index (χ4v) is 3.85. The third-order valence-corrected chi connectivity index (χ3v) is 5.21. The SMILES string of the molecule is COc1ccc(CC2CCCN2C(=O)CCCc2cccnc2)cc1C. The fourth-order valence-electron chi connectivity index (χ4n) is 3.85. The Balaban J connectivity index is 1.53. The number of pyridine rings is 1. The van der Waals surface area contributed by atoms with Gasteiger partial charge in [-0.2, -0.15) is 0 Å². The molecule has 1 aromatic heterocycles. The average molecular weight is 352 g/mol. The van der Waals surface area contributed by atoms with E-state index in [0.717, 1.165) is 50.0 Å². The minimum absolute atomic E-state index is 0.293. The summed E-state index contributed by atoms with van der Waals surface area (Å²) in [5.74, 6) is 1.21. The van der Waals surface area contributed by atoms with Crippen molar-refractivity contribution in [1.82, 2.24) is 9.88 Å². The number of carbonyl (C=O) groups is 1. The number of amides is 1. The van der Waals surface area contributed by atoms with E-state index in [1.54, 1.807) is 13.3 Å². The van der Waals surface area contributed by atoms with Gasteiger partial charge in [-0.15, -0.1) is 0 Å². The van der Waals surface area contributed by atoms with Gasteiger partial charge in [-0.1, -0.05) is 18.2 Å². The van der Waals surface area contributed by atoms with Gasteiger partial charge in [0.2, 0.25) is 5.91 Å². The van der Waals surface area contributed by atoms with Crippen LogP contribution in [0.4, 0.5) is 0 Å². The first kappa shape index (κ1) is 18.4. The second-order valence-corrected chi connectivity index (χ2v) is 7.11. The predicted octanol–water partition coefficient (Wildman–Crippen LogP) is 3.96. The van der Waals surface area contributed by atoms with Crippen LogP contribution >= 0.6 is 0 Å². The Bertz CT molecular complexity index is 730. The zero-order valence-electron chi connectivity index (χ0n) is 15.8. The number of hydrogen-bond acceptors (Lipinski definition) is 3. The second-order valence-electron chi connectivity index (χ2n) is 7.11. The highest BCUT2D eigenvalue weighted by Crippen LogP contribution is 2.25. The number of methoxy groups -OCH3 is 1. The summed E-state index contributed by atoms with van der Waals surface area (Å²) in [4.78, 5) is 18.9. The summed E-state index contributed by atoms with van der Waals surface area (Å²) >= 11 is 0. The quantitative estimate of drug-likeness (QED) is 0.757. The van der Waals surface area contributed by atoms with Gasteiger partial charge in [0, 0.05) is 31.4 Å². The number of rotatable bonds is 7. The van der Waals surface area contributed by atoms with Crippen molar-refractivity contribution in [2.75, 3.05) is 13.7 Å². The highest BCUT2D eigenvalue weighted by atomic mass is 16.5. The largest absolute Gasteiger partial charge is 0.496 e. The first-order chi connectivity index (χ1) is 12.7. The number of likely N-dealkylation sites (tertiary alicyclic amines) is 1. The fraction of sp³-hybridized carbons (Fsp3) is 0.455. The van der Waals surface area contributed by atoms with E-state index in [-0.39, 0.29) is 0 Å². The third kappa shape index (κ3) is 4.63. The molecule has 2 heterocycles. The number of hydrogen-bond donors (Lipinski definition) is 0. The maximum Gasteiger partial charge on any atom is 0.222 e. The van der Waals surface area contributed by atoms with Crippen LogP contribution in [0.25, 0.3) is 0 Å². The van der Waals surface area contributed by atoms with Gasteiger partial charge in [-0.05, 0) is 67.9 Å². The van der Waals surface area contributed by atoms with Gasteiger partial charge in [-0.25, -0.2) is 0 Å². The minimum atomic E-state index is 0.293. The highest BCUT2D eigenvalue weighted by molar-refractivity contribution is 5.76. The molecule has 0 bridgehead atoms. The van der Waals surface area contributed by atoms with E-state index in [1.165, 1.54) is 11.1 Å². The molecule has 1 saturated heterocycles. The standard InChI is InChI=1S/C22H28N2O2/c1-17-14-19(10-11-21(17)26-2)15-20-8-5-13-24(20)22(25)9-3-6-18-7-4-12-23-16-18/h4,7,10-12,14,16,20H,3,5-6,8-9,13,15H2,1-2H3. The topological polar surface area (TPSA) is 42.4 Å². The number of aryl methyl sites for hydroxylation is 2. The highest BCUT2D eigenvalue weighted by Gasteiger charge is 2.28. The molecule has 1 unspecified atom stereocenters. The van der Waals surface area contributed by atoms with Crippen LogP contribution in [-0.2, 0) is 17.6 Å². The summed E-state index contributed by atoms with van der Waals surface area (Å²) in [7, 11) is 1.70. The maximum atomic E-state index is 12.7. The van der Waals surface area contributed by atoms with Crippen LogP contribution in [0, 0.1) is 6.92 Å². The van der Waals surface area contributed by atoms with Gasteiger partial charge in [0.15, 0.2) is 0 Å². The van der Waals surface area contributed by atoms with Crippen LogP contribution in [0.5, 0.6) is 5.75 Å². The van der Waals surface area contributed by atoms with Crippen LogP contribution in [-0.4, -0.2) is 35.5 Å². The van der Waals surface area contributed by atoms with Crippen molar-refractivity contribution in [1.29, 1.82) is 0 Å². The lowest BCUT2D eigenvalue weighted by atomic mass is 10.0. The molecule has 1 atom stereocenters. The molecule has 4 heteroatoms. The monoisotopic (exact) mass is 352 g/mol. The van der Waals surface area contributed by atoms with Gasteiger partial charge in [0.05, 0.1) is 7.11 Å². The first-order valence-corrected chi connectivity index (χ1v) is 9.49. The molecule has 1 aliphatic rings. The van der Waals surface area contributed by atoms with Crippen molar-refractivity contribution in [3.63, 3.8) is 0 Å². The summed E-state index contributed by atoms with van der Waals surface area (Å²) in [6.07, 6.45) is 9.21. The van der Waals surface area contributed by atoms with Crippen LogP contribution in [0.3, 0.4) is 0 Å². The number of benzene rings is 1. The lowest BCUT2D eigenvalue weighted by Crippen LogP contribution is -2.36. The van der Waals surface area contributed by atoms with Crippen molar-refractivity contribution in [2.24, 2.45) is 0 Å². The number of ether oxygens (including phenoxy) is 1. The van der Waals surface area contributed by atoms with Gasteiger partial charge < -0.3 is 9.64 Å². The smallest absolute Gasteiger partial charge is 0.222 e. The number of aromatic nitrogens is 1. The third-order valence-electron chi connectivity index (χ3n) is 5.21. The molecule has 1 amide bonds. The summed E-state index contributed by atoms with van der Waals surface area (Å²) in [5, 5.41) is 0. The Labute approximate surface area is 156 Å². The first-order valence-electron chi connectivity index (χ1n) is 9.49. The Hall–Kier alpha value is -2.36. The number of carbonyl (C=O) groups excluding carboxylic acids is 1. The van der Waals surface area contributed by atoms with Crippen LogP contribution in [0.2, 0.25) is 0 Å². The molecule has 0 saturated carbocycles. The molecule has 0 radical (unpaired) electrons. The van der Waals surface area contributed by atoms with Crippen LogP contribution < -0.4 is 4.74 Å². The molecule has 3 rings (SSSR count). The Morgan fingerprint density at radius 2 is 2.19 bits per heavy atom. The molecule has 2 aromatic rings. The molecule has 138 valence electrons. The lowest BCUT2D eigenvalue weighted by Gasteiger charge is -2.25. The van der Waals surface area contributed by atoms with E-state index >= 15 is 0 Å². The number of nitrogens with zero attached hydrogens (tertiary/aromatic N) is 2. The zero-order valence-corrected chi connectivity index (χ0v) is 15.8. The van der Waals surface area contributed by atoms with Crippen molar-refractivity contribution in [3.8, 4) is 5.75 Å². The van der Waals surface area contributed by atoms with Crippen LogP contribution in [0.1, 0.15) is 42.4 Å². The lowest BCUT2D eigenvalue weighted by molar-refractivity contribution is -0.132. The summed E-state index contributed by atoms with van der Waals surface area (Å²) in [5.41, 5.74) is 3.63. The van der Waals surface area contributed by atoms with E-state index in [0.29, 0.717) is 18.4 Å². The van der Waals surface area contributed by atoms with Gasteiger partial charge in [-0.3, -0.25) is 9.78 Å². The van der Waals surface area contributed by atoms with Crippen molar-refractivity contribution < 1.29 is 9.53 Å². The van der Waals surface area contributed by atoms with E-state index in [1.807, 2.05) is 18.3 Å². The maximum absolute atomic E-state index is 12.7. The predicted molar refractivity (Wildman–Crippen MR) is 103 cm³/mol. The van der Waals surface area contributed by atoms with Gasteiger partial charge >= 0.3 is 0 Å². The molecular formula is C22H28N2O2. The van der Waals surface area contributed by atoms with Crippen LogP contribution in [0.15, 0.2) is 42.7 Å². The Morgan fingerprint density at radius 3 is 2.92 bits per heavy atom. The molecule has 0 aliphatic carbocycles. The van der Waals surface area contributed by atoms with E-state index in [9.17, 15) is 4.79 Å². The molecule has 26 heavy (non-hydrogen) atoms. The molecule has 1 fully saturated rings. The normalized spacial score (nSPS) is 16.7. The Morgan fingerprint density at radius 1 is 1.31 bits per heavy atom. The molecule has 0 N–H and O–H groups in total. The van der Waals surface area contributed by atoms with Crippen molar-refractivity contribution in [2.45, 2.75) is 51.5 Å². The molecule has 1 aliphatic heterocycles. The molecule has 4 nitrogen and oxygen atoms in total. The van der Waals surface area contributed by atoms with Crippen molar-refractivity contribution in [3.05, 3.63) is 59.4 Å². The van der Waals surface area contributed by atoms with E-state index in [2.05, 4.69) is 35.0 Å². The minimum Gasteiger partial charge on any atom is -0.496 e. The molecule has 1 aromatic carbocycles. The van der Waals surface area contributed by atoms with E-state index < -0.39 is 0 Å². The zero-order chi connectivity index (χ0) is 18.4. The summed E-state index contributed by atoms with van der Waals surface area (Å²) in [6, 6.07) is 10.7.